The summed E-state index contributed by atoms with van der Waals surface area (Å²) in [6.45, 7) is 12.7. The molecule has 0 N–H and O–H groups in total. The Labute approximate surface area is 366 Å². The fraction of sp³-hybridized carbons (Fsp3) is 0.137. The van der Waals surface area contributed by atoms with Gasteiger partial charge in [-0.15, -0.1) is 0 Å². The maximum atomic E-state index is 2.37. The molecule has 0 aromatic heterocycles. The SMILES string of the molecule is CC.CC.CC1(C)c2ccccc2-c2ccc(-c3ccccc3)cc21.[Y].[Y].c1ccc(-c2ccc3c4cccc5cccc(c6cccc2c63)c54)cc1. The zero-order chi connectivity index (χ0) is 35.5. The van der Waals surface area contributed by atoms with Gasteiger partial charge >= 0.3 is 0 Å². The van der Waals surface area contributed by atoms with Gasteiger partial charge in [-0.2, -0.15) is 0 Å². The minimum absolute atomic E-state index is 0. The van der Waals surface area contributed by atoms with E-state index in [9.17, 15) is 0 Å². The molecular weight excluding hydrogens is 790 g/mol. The van der Waals surface area contributed by atoms with Gasteiger partial charge in [0.15, 0.2) is 0 Å². The van der Waals surface area contributed by atoms with E-state index in [1.54, 1.807) is 0 Å². The number of hydrogen-bond donors (Lipinski definition) is 0. The first kappa shape index (κ1) is 40.7. The summed E-state index contributed by atoms with van der Waals surface area (Å²) in [6.07, 6.45) is 0. The van der Waals surface area contributed by atoms with Crippen molar-refractivity contribution in [3.05, 3.63) is 181 Å². The molecule has 0 amide bonds. The quantitative estimate of drug-likeness (QED) is 0.120. The van der Waals surface area contributed by atoms with Crippen molar-refractivity contribution < 1.29 is 65.4 Å². The molecule has 1 aliphatic rings. The van der Waals surface area contributed by atoms with Crippen molar-refractivity contribution in [3.8, 4) is 33.4 Å². The van der Waals surface area contributed by atoms with E-state index in [-0.39, 0.29) is 70.8 Å². The van der Waals surface area contributed by atoms with E-state index in [2.05, 4.69) is 184 Å². The van der Waals surface area contributed by atoms with Crippen molar-refractivity contribution in [2.24, 2.45) is 0 Å². The van der Waals surface area contributed by atoms with Crippen molar-refractivity contribution >= 4 is 43.1 Å². The summed E-state index contributed by atoms with van der Waals surface area (Å²) < 4.78 is 0. The van der Waals surface area contributed by atoms with Gasteiger partial charge in [-0.05, 0) is 93.7 Å². The van der Waals surface area contributed by atoms with Crippen molar-refractivity contribution in [1.29, 1.82) is 0 Å². The molecule has 0 unspecified atom stereocenters. The molecule has 2 radical (unpaired) electrons. The topological polar surface area (TPSA) is 0 Å². The number of hydrogen-bond acceptors (Lipinski definition) is 0. The number of rotatable bonds is 2. The van der Waals surface area contributed by atoms with E-state index < -0.39 is 0 Å². The molecule has 0 nitrogen and oxygen atoms in total. The monoisotopic (exact) mass is 836 g/mol. The Morgan fingerprint density at radius 3 is 1.43 bits per heavy atom. The zero-order valence-corrected chi connectivity index (χ0v) is 37.5. The Kier molecular flexibility index (Phi) is 13.6. The van der Waals surface area contributed by atoms with Gasteiger partial charge in [0.2, 0.25) is 0 Å². The van der Waals surface area contributed by atoms with Crippen LogP contribution in [0.2, 0.25) is 0 Å². The van der Waals surface area contributed by atoms with Crippen LogP contribution in [0.5, 0.6) is 0 Å². The molecule has 0 saturated heterocycles. The van der Waals surface area contributed by atoms with Crippen LogP contribution in [0.1, 0.15) is 52.7 Å². The second kappa shape index (κ2) is 17.7. The second-order valence-corrected chi connectivity index (χ2v) is 13.3. The molecule has 0 atom stereocenters. The largest absolute Gasteiger partial charge is 0.0683 e. The third-order valence-electron chi connectivity index (χ3n) is 10.3. The van der Waals surface area contributed by atoms with Crippen LogP contribution in [0.3, 0.4) is 0 Å². The molecule has 0 heterocycles. The van der Waals surface area contributed by atoms with E-state index in [0.717, 1.165) is 0 Å². The van der Waals surface area contributed by atoms with E-state index in [4.69, 9.17) is 0 Å². The number of benzene rings is 9. The van der Waals surface area contributed by atoms with Crippen molar-refractivity contribution in [1.82, 2.24) is 0 Å². The van der Waals surface area contributed by atoms with E-state index >= 15 is 0 Å². The molecule has 10 rings (SSSR count). The normalized spacial score (nSPS) is 11.8. The summed E-state index contributed by atoms with van der Waals surface area (Å²) in [4.78, 5) is 0. The van der Waals surface area contributed by atoms with E-state index in [0.29, 0.717) is 0 Å². The Hall–Kier alpha value is -3.51. The molecule has 0 saturated carbocycles. The van der Waals surface area contributed by atoms with Crippen molar-refractivity contribution in [2.75, 3.05) is 0 Å². The summed E-state index contributed by atoms with van der Waals surface area (Å²) in [5.74, 6) is 0. The molecule has 0 aliphatic heterocycles. The van der Waals surface area contributed by atoms with Crippen LogP contribution < -0.4 is 0 Å². The molecule has 53 heavy (non-hydrogen) atoms. The van der Waals surface area contributed by atoms with Crippen LogP contribution in [-0.4, -0.2) is 0 Å². The Morgan fingerprint density at radius 2 is 0.792 bits per heavy atom. The van der Waals surface area contributed by atoms with Gasteiger partial charge in [-0.25, -0.2) is 0 Å². The van der Waals surface area contributed by atoms with Gasteiger partial charge in [0.25, 0.3) is 0 Å². The molecule has 0 bridgehead atoms. The molecule has 256 valence electrons. The van der Waals surface area contributed by atoms with Crippen LogP contribution in [0.4, 0.5) is 0 Å². The minimum atomic E-state index is 0. The summed E-state index contributed by atoms with van der Waals surface area (Å²) in [7, 11) is 0. The van der Waals surface area contributed by atoms with Crippen LogP contribution in [0, 0.1) is 0 Å². The van der Waals surface area contributed by atoms with E-state index in [1.807, 2.05) is 27.7 Å². The fourth-order valence-corrected chi connectivity index (χ4v) is 8.03. The first-order valence-corrected chi connectivity index (χ1v) is 18.5. The Morgan fingerprint density at radius 1 is 0.321 bits per heavy atom. The first-order valence-electron chi connectivity index (χ1n) is 18.5. The van der Waals surface area contributed by atoms with Gasteiger partial charge in [-0.1, -0.05) is 205 Å². The standard InChI is InChI=1S/C26H16.C21H18.2C2H6.2Y/c1-2-7-17(8-3-1)19-15-16-24-22-12-5-10-18-9-4-11-21(25(18)22)23-14-6-13-20(19)26(23)24;1-21(2)19-11-7-6-10-17(19)18-13-12-16(14-20(18)21)15-8-4-3-5-9-15;2*1-2;;/h1-16H;3-14H,1-2H3;2*1-2H3;;. The molecule has 1 aliphatic carbocycles. The average molecular weight is 837 g/mol. The van der Waals surface area contributed by atoms with Crippen LogP contribution in [0.15, 0.2) is 170 Å². The molecule has 9 aromatic carbocycles. The van der Waals surface area contributed by atoms with Crippen LogP contribution in [-0.2, 0) is 70.8 Å². The second-order valence-electron chi connectivity index (χ2n) is 13.3. The minimum Gasteiger partial charge on any atom is -0.0683 e. The predicted molar refractivity (Wildman–Crippen MR) is 225 cm³/mol. The molecule has 2 heteroatoms. The van der Waals surface area contributed by atoms with Gasteiger partial charge in [-0.3, -0.25) is 0 Å². The van der Waals surface area contributed by atoms with Gasteiger partial charge in [0, 0.05) is 70.8 Å². The first-order chi connectivity index (χ1) is 25.1. The van der Waals surface area contributed by atoms with Gasteiger partial charge < -0.3 is 0 Å². The third-order valence-corrected chi connectivity index (χ3v) is 10.3. The molecule has 9 aromatic rings. The van der Waals surface area contributed by atoms with Crippen molar-refractivity contribution in [3.63, 3.8) is 0 Å². The Bertz CT molecular complexity index is 2530. The summed E-state index contributed by atoms with van der Waals surface area (Å²) in [6, 6.07) is 61.6. The van der Waals surface area contributed by atoms with E-state index in [1.165, 1.54) is 87.6 Å². The third kappa shape index (κ3) is 7.34. The fourth-order valence-electron chi connectivity index (χ4n) is 8.03. The zero-order valence-electron chi connectivity index (χ0n) is 31.8. The summed E-state index contributed by atoms with van der Waals surface area (Å²) >= 11 is 0. The Balaban J connectivity index is 0.000000184. The molecular formula is C51H46Y2. The summed E-state index contributed by atoms with van der Waals surface area (Å²) in [5.41, 5.74) is 10.9. The maximum absolute atomic E-state index is 2.37. The van der Waals surface area contributed by atoms with Crippen molar-refractivity contribution in [2.45, 2.75) is 47.0 Å². The molecule has 0 spiro atoms. The van der Waals surface area contributed by atoms with Crippen LogP contribution in [0.25, 0.3) is 76.5 Å². The smallest absolute Gasteiger partial charge is 0.0159 e. The molecule has 0 fully saturated rings. The number of fused-ring (bicyclic) bond motifs is 5. The maximum Gasteiger partial charge on any atom is 0.0159 e. The van der Waals surface area contributed by atoms with Crippen LogP contribution >= 0.6 is 0 Å². The van der Waals surface area contributed by atoms with Gasteiger partial charge in [0.05, 0.1) is 0 Å². The average Bonchev–Trinajstić information content (AvgIpc) is 3.44. The predicted octanol–water partition coefficient (Wildman–Crippen LogP) is 15.1. The van der Waals surface area contributed by atoms with Gasteiger partial charge in [0.1, 0.15) is 0 Å². The summed E-state index contributed by atoms with van der Waals surface area (Å²) in [5, 5.41) is 10.8.